The predicted molar refractivity (Wildman–Crippen MR) is 177 cm³/mol. The third-order valence-electron chi connectivity index (χ3n) is 8.08. The summed E-state index contributed by atoms with van der Waals surface area (Å²) in [5.41, 5.74) is 19.5. The minimum absolute atomic E-state index is 0.0488. The van der Waals surface area contributed by atoms with Gasteiger partial charge in [0.05, 0.1) is 6.33 Å². The Kier molecular flexibility index (Phi) is 12.4. The number of aliphatic imine (C=N–C) groups is 1. The lowest BCUT2D eigenvalue weighted by Crippen LogP contribution is -2.60. The van der Waals surface area contributed by atoms with E-state index in [1.165, 1.54) is 48.6 Å². The summed E-state index contributed by atoms with van der Waals surface area (Å²) < 4.78 is 13.7. The number of nitrogens with zero attached hydrogens (tertiary/aromatic N) is 3. The first-order chi connectivity index (χ1) is 23.4. The number of nitrogens with one attached hydrogen (secondary N) is 4. The molecule has 0 fully saturated rings. The van der Waals surface area contributed by atoms with Gasteiger partial charge in [-0.2, -0.15) is 0 Å². The Balaban J connectivity index is 1.62. The number of rotatable bonds is 15. The zero-order valence-electron chi connectivity index (χ0n) is 27.0. The number of halogens is 1. The summed E-state index contributed by atoms with van der Waals surface area (Å²) in [7, 11) is 0. The first kappa shape index (κ1) is 36.0. The summed E-state index contributed by atoms with van der Waals surface area (Å²) in [4.78, 5) is 78.4. The standard InChI is InChI=1S/C33H41FN10O5/c1-19(45)41-27(15-24-16-38-18-40-24)31(48)43-26(13-20-8-10-23(34)11-9-20)30(47)42-25(7-4-12-39-33(36)37)32(49)44-17-22-6-3-2-5-21(22)14-28(44)29(35)46/h2-3,5-6,8-11,16,18,25-28H,4,7,12-15,17H2,1H3,(H2,35,46)(H,38,40)(H,41,45)(H,42,47)(H,43,48)(H4,36,37,39)/t25-,26+,27-,28-/m0/s1. The van der Waals surface area contributed by atoms with Gasteiger partial charge in [0, 0.05) is 51.2 Å². The number of amides is 5. The van der Waals surface area contributed by atoms with E-state index in [2.05, 4.69) is 30.9 Å². The maximum absolute atomic E-state index is 14.2. The minimum atomic E-state index is -1.27. The number of primary amides is 1. The third-order valence-corrected chi connectivity index (χ3v) is 8.08. The molecule has 2 heterocycles. The van der Waals surface area contributed by atoms with Crippen molar-refractivity contribution in [2.24, 2.45) is 22.2 Å². The fourth-order valence-corrected chi connectivity index (χ4v) is 5.65. The summed E-state index contributed by atoms with van der Waals surface area (Å²) in [5.74, 6) is -3.76. The van der Waals surface area contributed by atoms with Crippen molar-refractivity contribution < 1.29 is 28.4 Å². The smallest absolute Gasteiger partial charge is 0.246 e. The number of carbonyl (C=O) groups is 5. The van der Waals surface area contributed by atoms with E-state index in [1.54, 1.807) is 0 Å². The summed E-state index contributed by atoms with van der Waals surface area (Å²) in [6.45, 7) is 1.50. The molecule has 0 saturated carbocycles. The van der Waals surface area contributed by atoms with Crippen molar-refractivity contribution in [3.05, 3.63) is 89.3 Å². The topological polar surface area (TPSA) is 244 Å². The van der Waals surface area contributed by atoms with Crippen molar-refractivity contribution in [3.63, 3.8) is 0 Å². The van der Waals surface area contributed by atoms with Gasteiger partial charge >= 0.3 is 0 Å². The van der Waals surface area contributed by atoms with E-state index in [0.29, 0.717) is 11.3 Å². The highest BCUT2D eigenvalue weighted by Crippen LogP contribution is 2.24. The number of hydrogen-bond donors (Lipinski definition) is 7. The van der Waals surface area contributed by atoms with E-state index < -0.39 is 59.5 Å². The van der Waals surface area contributed by atoms with Gasteiger partial charge in [-0.3, -0.25) is 29.0 Å². The molecule has 0 saturated heterocycles. The summed E-state index contributed by atoms with van der Waals surface area (Å²) >= 11 is 0. The van der Waals surface area contributed by atoms with Crippen molar-refractivity contribution in [1.29, 1.82) is 0 Å². The Labute approximate surface area is 282 Å². The van der Waals surface area contributed by atoms with E-state index in [0.717, 1.165) is 11.1 Å². The average Bonchev–Trinajstić information content (AvgIpc) is 3.58. The van der Waals surface area contributed by atoms with Crippen molar-refractivity contribution in [1.82, 2.24) is 30.8 Å². The zero-order valence-corrected chi connectivity index (χ0v) is 27.0. The predicted octanol–water partition coefficient (Wildman–Crippen LogP) is -0.699. The van der Waals surface area contributed by atoms with Crippen molar-refractivity contribution in [2.45, 2.75) is 69.7 Å². The van der Waals surface area contributed by atoms with Crippen molar-refractivity contribution >= 4 is 35.5 Å². The van der Waals surface area contributed by atoms with Crippen LogP contribution in [0.5, 0.6) is 0 Å². The number of hydrogen-bond acceptors (Lipinski definition) is 7. The Hall–Kier alpha value is -5.80. The molecule has 1 aliphatic heterocycles. The molecule has 260 valence electrons. The number of fused-ring (bicyclic) bond motifs is 1. The van der Waals surface area contributed by atoms with Crippen LogP contribution in [0.2, 0.25) is 0 Å². The lowest BCUT2D eigenvalue weighted by atomic mass is 9.92. The van der Waals surface area contributed by atoms with E-state index >= 15 is 0 Å². The molecule has 16 heteroatoms. The van der Waals surface area contributed by atoms with Gasteiger partial charge in [-0.15, -0.1) is 0 Å². The summed E-state index contributed by atoms with van der Waals surface area (Å²) in [5, 5.41) is 8.04. The normalized spacial score (nSPS) is 15.6. The number of guanidine groups is 1. The molecule has 10 N–H and O–H groups in total. The van der Waals surface area contributed by atoms with Crippen LogP contribution in [0.4, 0.5) is 4.39 Å². The highest BCUT2D eigenvalue weighted by Gasteiger charge is 2.38. The van der Waals surface area contributed by atoms with Crippen LogP contribution in [0, 0.1) is 5.82 Å². The fourth-order valence-electron chi connectivity index (χ4n) is 5.65. The molecule has 0 radical (unpaired) electrons. The van der Waals surface area contributed by atoms with Crippen LogP contribution < -0.4 is 33.2 Å². The monoisotopic (exact) mass is 676 g/mol. The minimum Gasteiger partial charge on any atom is -0.370 e. The molecule has 15 nitrogen and oxygen atoms in total. The van der Waals surface area contributed by atoms with Gasteiger partial charge in [0.15, 0.2) is 5.96 Å². The molecule has 1 aliphatic rings. The van der Waals surface area contributed by atoms with Crippen LogP contribution in [-0.4, -0.2) is 81.1 Å². The SMILES string of the molecule is CC(=O)N[C@@H](Cc1cnc[nH]1)C(=O)N[C@H](Cc1ccc(F)cc1)C(=O)N[C@@H](CCCN=C(N)N)C(=O)N1Cc2ccccc2C[C@H]1C(N)=O. The fraction of sp³-hybridized carbons (Fsp3) is 0.364. The Bertz CT molecular complexity index is 1660. The average molecular weight is 677 g/mol. The van der Waals surface area contributed by atoms with Crippen LogP contribution in [-0.2, 0) is 49.8 Å². The van der Waals surface area contributed by atoms with Crippen LogP contribution >= 0.6 is 0 Å². The molecular weight excluding hydrogens is 635 g/mol. The summed E-state index contributed by atoms with van der Waals surface area (Å²) in [6.07, 6.45) is 3.47. The van der Waals surface area contributed by atoms with E-state index in [9.17, 15) is 28.4 Å². The highest BCUT2D eigenvalue weighted by atomic mass is 19.1. The van der Waals surface area contributed by atoms with Gasteiger partial charge in [-0.05, 0) is 41.7 Å². The van der Waals surface area contributed by atoms with Gasteiger partial charge in [-0.25, -0.2) is 9.37 Å². The molecule has 49 heavy (non-hydrogen) atoms. The molecule has 0 unspecified atom stereocenters. The number of benzene rings is 2. The van der Waals surface area contributed by atoms with Gasteiger partial charge in [0.2, 0.25) is 29.5 Å². The van der Waals surface area contributed by atoms with Gasteiger partial charge in [0.1, 0.15) is 30.0 Å². The maximum atomic E-state index is 14.2. The molecule has 4 rings (SSSR count). The maximum Gasteiger partial charge on any atom is 0.246 e. The zero-order chi connectivity index (χ0) is 35.5. The van der Waals surface area contributed by atoms with E-state index in [-0.39, 0.29) is 51.2 Å². The molecule has 4 atom stereocenters. The Morgan fingerprint density at radius 3 is 2.20 bits per heavy atom. The number of imidazole rings is 1. The number of carbonyl (C=O) groups excluding carboxylic acids is 5. The number of aromatic nitrogens is 2. The molecule has 0 spiro atoms. The molecule has 1 aromatic heterocycles. The molecule has 0 aliphatic carbocycles. The number of aromatic amines is 1. The second-order valence-corrected chi connectivity index (χ2v) is 11.8. The van der Waals surface area contributed by atoms with Crippen molar-refractivity contribution in [2.75, 3.05) is 6.54 Å². The first-order valence-electron chi connectivity index (χ1n) is 15.7. The van der Waals surface area contributed by atoms with Gasteiger partial charge < -0.3 is 43.0 Å². The van der Waals surface area contributed by atoms with E-state index in [1.807, 2.05) is 24.3 Å². The lowest BCUT2D eigenvalue weighted by Gasteiger charge is -2.37. The molecule has 0 bridgehead atoms. The van der Waals surface area contributed by atoms with Gasteiger partial charge in [0.25, 0.3) is 0 Å². The van der Waals surface area contributed by atoms with Crippen LogP contribution in [0.1, 0.15) is 42.1 Å². The lowest BCUT2D eigenvalue weighted by molar-refractivity contribution is -0.144. The summed E-state index contributed by atoms with van der Waals surface area (Å²) in [6, 6.07) is 8.28. The second-order valence-electron chi connectivity index (χ2n) is 11.8. The van der Waals surface area contributed by atoms with E-state index in [4.69, 9.17) is 17.2 Å². The highest BCUT2D eigenvalue weighted by molar-refractivity contribution is 5.95. The number of nitrogens with two attached hydrogens (primary N) is 3. The van der Waals surface area contributed by atoms with Crippen LogP contribution in [0.25, 0.3) is 0 Å². The van der Waals surface area contributed by atoms with Crippen molar-refractivity contribution in [3.8, 4) is 0 Å². The largest absolute Gasteiger partial charge is 0.370 e. The Morgan fingerprint density at radius 1 is 0.939 bits per heavy atom. The number of H-pyrrole nitrogens is 1. The van der Waals surface area contributed by atoms with Gasteiger partial charge in [-0.1, -0.05) is 36.4 Å². The third kappa shape index (κ3) is 10.3. The molecule has 5 amide bonds. The first-order valence-corrected chi connectivity index (χ1v) is 15.7. The van der Waals surface area contributed by atoms with Crippen LogP contribution in [0.3, 0.4) is 0 Å². The molecule has 3 aromatic rings. The quantitative estimate of drug-likeness (QED) is 0.0615. The van der Waals surface area contributed by atoms with Crippen LogP contribution in [0.15, 0.2) is 66.0 Å². The molecular formula is C33H41FN10O5. The second kappa shape index (κ2) is 16.9. The Morgan fingerprint density at radius 2 is 1.59 bits per heavy atom. The molecule has 2 aromatic carbocycles.